The molecule has 0 saturated carbocycles. The van der Waals surface area contributed by atoms with Crippen molar-refractivity contribution in [3.05, 3.63) is 90.0 Å². The Labute approximate surface area is 206 Å². The lowest BCUT2D eigenvalue weighted by Crippen LogP contribution is -2.44. The summed E-state index contributed by atoms with van der Waals surface area (Å²) in [6.07, 6.45) is 3.72. The van der Waals surface area contributed by atoms with Gasteiger partial charge in [-0.1, -0.05) is 67.1 Å². The van der Waals surface area contributed by atoms with Gasteiger partial charge in [-0.3, -0.25) is 9.59 Å². The van der Waals surface area contributed by atoms with Crippen LogP contribution in [0.3, 0.4) is 0 Å². The molecule has 3 aromatic rings. The number of amides is 2. The van der Waals surface area contributed by atoms with Gasteiger partial charge in [-0.15, -0.1) is 0 Å². The van der Waals surface area contributed by atoms with Crippen LogP contribution < -0.4 is 15.0 Å². The minimum absolute atomic E-state index is 0.0444. The van der Waals surface area contributed by atoms with E-state index in [2.05, 4.69) is 10.2 Å². The van der Waals surface area contributed by atoms with Crippen molar-refractivity contribution < 1.29 is 14.3 Å². The van der Waals surface area contributed by atoms with Crippen molar-refractivity contribution >= 4 is 23.2 Å². The number of nitrogens with zero attached hydrogens (tertiary/aromatic N) is 2. The molecule has 1 fully saturated rings. The summed E-state index contributed by atoms with van der Waals surface area (Å²) in [5, 5.41) is 3.09. The Morgan fingerprint density at radius 3 is 2.17 bits per heavy atom. The van der Waals surface area contributed by atoms with E-state index in [1.165, 1.54) is 19.3 Å². The van der Waals surface area contributed by atoms with Crippen molar-refractivity contribution in [1.29, 1.82) is 0 Å². The summed E-state index contributed by atoms with van der Waals surface area (Å²) >= 11 is 0. The normalized spacial score (nSPS) is 16.0. The van der Waals surface area contributed by atoms with Crippen LogP contribution in [0.15, 0.2) is 78.9 Å². The molecular weight excluding hydrogens is 438 g/mol. The number of ether oxygens (including phenoxy) is 1. The zero-order chi connectivity index (χ0) is 24.0. The van der Waals surface area contributed by atoms with E-state index in [1.54, 1.807) is 4.90 Å². The molecule has 1 saturated heterocycles. The number of rotatable bonds is 7. The molecule has 0 unspecified atom stereocenters. The van der Waals surface area contributed by atoms with Gasteiger partial charge in [-0.25, -0.2) is 0 Å². The molecule has 2 aliphatic rings. The molecule has 1 N–H and O–H groups in total. The molecule has 0 bridgehead atoms. The average Bonchev–Trinajstić information content (AvgIpc) is 2.90. The number of nitrogens with one attached hydrogen (secondary N) is 1. The Kier molecular flexibility index (Phi) is 7.09. The van der Waals surface area contributed by atoms with Crippen LogP contribution >= 0.6 is 0 Å². The molecule has 6 heteroatoms. The van der Waals surface area contributed by atoms with Crippen LogP contribution in [0, 0.1) is 0 Å². The Hall–Kier alpha value is -3.64. The van der Waals surface area contributed by atoms with Gasteiger partial charge >= 0.3 is 0 Å². The molecule has 0 radical (unpaired) electrons. The lowest BCUT2D eigenvalue weighted by Gasteiger charge is -2.33. The number of hydrogen-bond acceptors (Lipinski definition) is 4. The van der Waals surface area contributed by atoms with Gasteiger partial charge in [-0.05, 0) is 55.3 Å². The van der Waals surface area contributed by atoms with E-state index in [0.29, 0.717) is 23.7 Å². The number of fused-ring (bicyclic) bond motifs is 1. The standard InChI is InChI=1S/C29H31N3O3/c33-27-21-35-26-15-14-24(20-25(26)32(27)19-18-31-16-8-3-9-17-31)30-29(34)28(22-10-4-1-5-11-22)23-12-6-2-7-13-23/h1-2,4-7,10-15,20,28H,3,8-9,16-19,21H2,(H,30,34). The number of carbonyl (C=O) groups is 2. The lowest BCUT2D eigenvalue weighted by atomic mass is 9.90. The van der Waals surface area contributed by atoms with Gasteiger partial charge in [-0.2, -0.15) is 0 Å². The van der Waals surface area contributed by atoms with Crippen LogP contribution in [0.2, 0.25) is 0 Å². The summed E-state index contributed by atoms with van der Waals surface area (Å²) in [4.78, 5) is 30.5. The van der Waals surface area contributed by atoms with Crippen LogP contribution in [0.1, 0.15) is 36.3 Å². The van der Waals surface area contributed by atoms with Crippen LogP contribution in [0.25, 0.3) is 0 Å². The Morgan fingerprint density at radius 1 is 0.857 bits per heavy atom. The van der Waals surface area contributed by atoms with E-state index in [0.717, 1.165) is 30.8 Å². The predicted octanol–water partition coefficient (Wildman–Crippen LogP) is 4.67. The molecule has 5 rings (SSSR count). The van der Waals surface area contributed by atoms with Crippen molar-refractivity contribution in [2.75, 3.05) is 43.0 Å². The summed E-state index contributed by atoms with van der Waals surface area (Å²) in [6, 6.07) is 25.1. The molecule has 2 aliphatic heterocycles. The first-order valence-electron chi connectivity index (χ1n) is 12.4. The highest BCUT2D eigenvalue weighted by molar-refractivity contribution is 6.01. The molecule has 0 atom stereocenters. The first kappa shape index (κ1) is 23.1. The third-order valence-electron chi connectivity index (χ3n) is 6.79. The third-order valence-corrected chi connectivity index (χ3v) is 6.79. The Bertz CT molecular complexity index is 1120. The second kappa shape index (κ2) is 10.7. The maximum absolute atomic E-state index is 13.5. The number of anilines is 2. The van der Waals surface area contributed by atoms with Gasteiger partial charge in [0.2, 0.25) is 5.91 Å². The molecule has 3 aromatic carbocycles. The highest BCUT2D eigenvalue weighted by Gasteiger charge is 2.28. The van der Waals surface area contributed by atoms with E-state index in [1.807, 2.05) is 78.9 Å². The SMILES string of the molecule is O=C(Nc1ccc2c(c1)N(CCN1CCCCC1)C(=O)CO2)C(c1ccccc1)c1ccccc1. The van der Waals surface area contributed by atoms with Crippen molar-refractivity contribution in [3.8, 4) is 5.75 Å². The molecule has 0 spiro atoms. The highest BCUT2D eigenvalue weighted by Crippen LogP contribution is 2.35. The summed E-state index contributed by atoms with van der Waals surface area (Å²) < 4.78 is 5.69. The zero-order valence-electron chi connectivity index (χ0n) is 19.9. The molecule has 0 aliphatic carbocycles. The number of piperidine rings is 1. The topological polar surface area (TPSA) is 61.9 Å². The summed E-state index contributed by atoms with van der Waals surface area (Å²) in [5.74, 6) is 0.0557. The molecule has 2 amide bonds. The minimum Gasteiger partial charge on any atom is -0.482 e. The fourth-order valence-corrected chi connectivity index (χ4v) is 4.95. The van der Waals surface area contributed by atoms with Crippen LogP contribution in [-0.2, 0) is 9.59 Å². The van der Waals surface area contributed by atoms with Crippen molar-refractivity contribution in [1.82, 2.24) is 4.90 Å². The van der Waals surface area contributed by atoms with Gasteiger partial charge in [0.05, 0.1) is 11.6 Å². The fourth-order valence-electron chi connectivity index (χ4n) is 4.95. The maximum atomic E-state index is 13.5. The highest BCUT2D eigenvalue weighted by atomic mass is 16.5. The van der Waals surface area contributed by atoms with E-state index in [4.69, 9.17) is 4.74 Å². The van der Waals surface area contributed by atoms with Crippen molar-refractivity contribution in [3.63, 3.8) is 0 Å². The number of hydrogen-bond donors (Lipinski definition) is 1. The van der Waals surface area contributed by atoms with Crippen LogP contribution in [0.4, 0.5) is 11.4 Å². The number of likely N-dealkylation sites (tertiary alicyclic amines) is 1. The molecule has 6 nitrogen and oxygen atoms in total. The monoisotopic (exact) mass is 469 g/mol. The minimum atomic E-state index is -0.443. The maximum Gasteiger partial charge on any atom is 0.265 e. The quantitative estimate of drug-likeness (QED) is 0.546. The third kappa shape index (κ3) is 5.38. The average molecular weight is 470 g/mol. The first-order valence-corrected chi connectivity index (χ1v) is 12.4. The molecule has 0 aromatic heterocycles. The van der Waals surface area contributed by atoms with Crippen molar-refractivity contribution in [2.45, 2.75) is 25.2 Å². The van der Waals surface area contributed by atoms with Gasteiger partial charge in [0, 0.05) is 18.8 Å². The smallest absolute Gasteiger partial charge is 0.265 e. The molecular formula is C29H31N3O3. The van der Waals surface area contributed by atoms with E-state index in [-0.39, 0.29) is 18.4 Å². The van der Waals surface area contributed by atoms with Gasteiger partial charge in [0.15, 0.2) is 6.61 Å². The van der Waals surface area contributed by atoms with Crippen LogP contribution in [0.5, 0.6) is 5.75 Å². The van der Waals surface area contributed by atoms with Crippen LogP contribution in [-0.4, -0.2) is 49.5 Å². The summed E-state index contributed by atoms with van der Waals surface area (Å²) in [6.45, 7) is 3.67. The fraction of sp³-hybridized carbons (Fsp3) is 0.310. The second-order valence-corrected chi connectivity index (χ2v) is 9.16. The predicted molar refractivity (Wildman–Crippen MR) is 138 cm³/mol. The molecule has 180 valence electrons. The largest absolute Gasteiger partial charge is 0.482 e. The summed E-state index contributed by atoms with van der Waals surface area (Å²) in [5.41, 5.74) is 3.21. The first-order chi connectivity index (χ1) is 17.2. The molecule has 35 heavy (non-hydrogen) atoms. The molecule has 2 heterocycles. The van der Waals surface area contributed by atoms with Gasteiger partial charge in [0.1, 0.15) is 5.75 Å². The number of carbonyl (C=O) groups excluding carboxylic acids is 2. The van der Waals surface area contributed by atoms with E-state index < -0.39 is 5.92 Å². The second-order valence-electron chi connectivity index (χ2n) is 9.16. The number of benzene rings is 3. The van der Waals surface area contributed by atoms with Gasteiger partial charge in [0.25, 0.3) is 5.91 Å². The van der Waals surface area contributed by atoms with E-state index in [9.17, 15) is 9.59 Å². The zero-order valence-corrected chi connectivity index (χ0v) is 19.9. The van der Waals surface area contributed by atoms with Crippen molar-refractivity contribution in [2.24, 2.45) is 0 Å². The lowest BCUT2D eigenvalue weighted by molar-refractivity contribution is -0.121. The Balaban J connectivity index is 1.37. The van der Waals surface area contributed by atoms with Gasteiger partial charge < -0.3 is 19.9 Å². The van der Waals surface area contributed by atoms with E-state index >= 15 is 0 Å². The summed E-state index contributed by atoms with van der Waals surface area (Å²) in [7, 11) is 0. The Morgan fingerprint density at radius 2 is 1.51 bits per heavy atom.